The highest BCUT2D eigenvalue weighted by molar-refractivity contribution is 5.81. The van der Waals surface area contributed by atoms with Gasteiger partial charge in [0.1, 0.15) is 12.4 Å². The van der Waals surface area contributed by atoms with E-state index < -0.39 is 5.97 Å². The molecule has 138 valence electrons. The summed E-state index contributed by atoms with van der Waals surface area (Å²) >= 11 is 0. The Morgan fingerprint density at radius 3 is 2.17 bits per heavy atom. The van der Waals surface area contributed by atoms with E-state index in [1.807, 2.05) is 21.5 Å². The second kappa shape index (κ2) is 11.3. The van der Waals surface area contributed by atoms with Crippen molar-refractivity contribution in [2.24, 2.45) is 11.8 Å². The Morgan fingerprint density at radius 1 is 1.08 bits per heavy atom. The summed E-state index contributed by atoms with van der Waals surface area (Å²) in [6, 6.07) is 0. The summed E-state index contributed by atoms with van der Waals surface area (Å²) in [6.07, 6.45) is 13.3. The molecule has 0 bridgehead atoms. The van der Waals surface area contributed by atoms with E-state index in [1.165, 1.54) is 38.5 Å². The van der Waals surface area contributed by atoms with Crippen LogP contribution in [-0.2, 0) is 13.1 Å². The molecule has 1 aromatic rings. The molecule has 2 atom stereocenters. The summed E-state index contributed by atoms with van der Waals surface area (Å²) in [6.45, 7) is 10.5. The number of hydrogen-bond donors (Lipinski definition) is 1. The first-order chi connectivity index (χ1) is 11.6. The van der Waals surface area contributed by atoms with Gasteiger partial charge >= 0.3 is 11.8 Å². The zero-order valence-corrected chi connectivity index (χ0v) is 16.1. The van der Waals surface area contributed by atoms with E-state index >= 15 is 0 Å². The van der Waals surface area contributed by atoms with Crippen molar-refractivity contribution in [1.29, 1.82) is 0 Å². The van der Waals surface area contributed by atoms with Crippen LogP contribution in [0.25, 0.3) is 0 Å². The largest absolute Gasteiger partial charge is 0.472 e. The van der Waals surface area contributed by atoms with Gasteiger partial charge in [-0.05, 0) is 37.5 Å². The lowest BCUT2D eigenvalue weighted by Gasteiger charge is -2.14. The minimum atomic E-state index is -0.810. The molecular formula is C20H37N2O2+. The van der Waals surface area contributed by atoms with Crippen molar-refractivity contribution in [2.45, 2.75) is 92.2 Å². The third-order valence-electron chi connectivity index (χ3n) is 5.16. The van der Waals surface area contributed by atoms with Crippen LogP contribution in [0.1, 0.15) is 89.7 Å². The van der Waals surface area contributed by atoms with Crippen LogP contribution < -0.4 is 4.57 Å². The SMILES string of the molecule is CCCCC(CC)Cn1cc[n+](CC(CC)CCCC)c1C(=O)O. The molecular weight excluding hydrogens is 300 g/mol. The van der Waals surface area contributed by atoms with E-state index in [0.717, 1.165) is 25.9 Å². The molecule has 2 unspecified atom stereocenters. The van der Waals surface area contributed by atoms with Crippen molar-refractivity contribution < 1.29 is 14.5 Å². The van der Waals surface area contributed by atoms with Crippen LogP contribution in [0, 0.1) is 11.8 Å². The quantitative estimate of drug-likeness (QED) is 0.520. The minimum Gasteiger partial charge on any atom is -0.472 e. The molecule has 0 saturated carbocycles. The van der Waals surface area contributed by atoms with Crippen LogP contribution in [0.2, 0.25) is 0 Å². The van der Waals surface area contributed by atoms with Crippen molar-refractivity contribution in [3.63, 3.8) is 0 Å². The molecule has 0 spiro atoms. The number of unbranched alkanes of at least 4 members (excludes halogenated alkanes) is 2. The van der Waals surface area contributed by atoms with Gasteiger partial charge in [0.05, 0.1) is 13.1 Å². The average molecular weight is 338 g/mol. The van der Waals surface area contributed by atoms with Gasteiger partial charge in [0.2, 0.25) is 0 Å². The maximum atomic E-state index is 11.8. The Morgan fingerprint density at radius 2 is 1.67 bits per heavy atom. The van der Waals surface area contributed by atoms with E-state index in [2.05, 4.69) is 27.7 Å². The van der Waals surface area contributed by atoms with Crippen LogP contribution in [0.15, 0.2) is 12.4 Å². The molecule has 4 nitrogen and oxygen atoms in total. The number of nitrogens with zero attached hydrogens (tertiary/aromatic N) is 2. The molecule has 1 aromatic heterocycles. The van der Waals surface area contributed by atoms with E-state index in [9.17, 15) is 9.90 Å². The summed E-state index contributed by atoms with van der Waals surface area (Å²) in [4.78, 5) is 11.8. The van der Waals surface area contributed by atoms with Crippen LogP contribution in [0.4, 0.5) is 0 Å². The van der Waals surface area contributed by atoms with Crippen LogP contribution >= 0.6 is 0 Å². The summed E-state index contributed by atoms with van der Waals surface area (Å²) in [5.41, 5.74) is 0. The number of hydrogen-bond acceptors (Lipinski definition) is 1. The second-order valence-electron chi connectivity index (χ2n) is 7.06. The molecule has 1 N–H and O–H groups in total. The first-order valence-corrected chi connectivity index (χ1v) is 9.89. The molecule has 0 saturated heterocycles. The van der Waals surface area contributed by atoms with Crippen molar-refractivity contribution in [3.05, 3.63) is 18.2 Å². The Labute approximate surface area is 147 Å². The highest BCUT2D eigenvalue weighted by atomic mass is 16.4. The second-order valence-corrected chi connectivity index (χ2v) is 7.06. The minimum absolute atomic E-state index is 0.444. The molecule has 0 aliphatic heterocycles. The summed E-state index contributed by atoms with van der Waals surface area (Å²) in [5.74, 6) is 0.757. The number of aromatic carboxylic acids is 1. The Hall–Kier alpha value is -1.32. The fraction of sp³-hybridized carbons (Fsp3) is 0.800. The van der Waals surface area contributed by atoms with Crippen molar-refractivity contribution in [3.8, 4) is 0 Å². The highest BCUT2D eigenvalue weighted by Crippen LogP contribution is 2.17. The third kappa shape index (κ3) is 6.29. The van der Waals surface area contributed by atoms with E-state index in [0.29, 0.717) is 17.7 Å². The van der Waals surface area contributed by atoms with Gasteiger partial charge in [-0.15, -0.1) is 0 Å². The van der Waals surface area contributed by atoms with Crippen molar-refractivity contribution >= 4 is 5.97 Å². The zero-order valence-electron chi connectivity index (χ0n) is 16.1. The number of rotatable bonds is 13. The van der Waals surface area contributed by atoms with Gasteiger partial charge < -0.3 is 5.11 Å². The number of carboxylic acids is 1. The van der Waals surface area contributed by atoms with Gasteiger partial charge in [0.15, 0.2) is 0 Å². The summed E-state index contributed by atoms with van der Waals surface area (Å²) < 4.78 is 3.91. The zero-order chi connectivity index (χ0) is 17.9. The molecule has 4 heteroatoms. The lowest BCUT2D eigenvalue weighted by Crippen LogP contribution is -2.42. The van der Waals surface area contributed by atoms with Crippen molar-refractivity contribution in [2.75, 3.05) is 0 Å². The number of aromatic nitrogens is 2. The number of carboxylic acid groups (broad SMARTS) is 1. The standard InChI is InChI=1S/C20H36N2O2/c1-5-9-11-17(7-3)15-21-13-14-22(19(21)20(23)24)16-18(8-4)12-10-6-2/h13-14,17-18H,5-12,15-16H2,1-4H3/p+1. The average Bonchev–Trinajstić information content (AvgIpc) is 2.97. The van der Waals surface area contributed by atoms with Gasteiger partial charge in [0, 0.05) is 0 Å². The fourth-order valence-corrected chi connectivity index (χ4v) is 3.40. The topological polar surface area (TPSA) is 46.1 Å². The molecule has 0 fully saturated rings. The Bertz CT molecular complexity index is 446. The fourth-order valence-electron chi connectivity index (χ4n) is 3.40. The summed E-state index contributed by atoms with van der Waals surface area (Å²) in [5, 5.41) is 9.72. The number of imidazole rings is 1. The van der Waals surface area contributed by atoms with Gasteiger partial charge in [0.25, 0.3) is 0 Å². The lowest BCUT2D eigenvalue weighted by atomic mass is 9.99. The normalized spacial score (nSPS) is 13.8. The molecule has 1 heterocycles. The number of carbonyl (C=O) groups is 1. The Kier molecular flexibility index (Phi) is 9.73. The molecule has 0 radical (unpaired) electrons. The van der Waals surface area contributed by atoms with Crippen LogP contribution in [0.5, 0.6) is 0 Å². The van der Waals surface area contributed by atoms with E-state index in [1.54, 1.807) is 0 Å². The highest BCUT2D eigenvalue weighted by Gasteiger charge is 2.27. The van der Waals surface area contributed by atoms with Crippen LogP contribution in [0.3, 0.4) is 0 Å². The maximum absolute atomic E-state index is 11.8. The van der Waals surface area contributed by atoms with Gasteiger partial charge in [-0.1, -0.05) is 53.4 Å². The van der Waals surface area contributed by atoms with Gasteiger partial charge in [-0.3, -0.25) is 0 Å². The molecule has 0 aromatic carbocycles. The van der Waals surface area contributed by atoms with E-state index in [-0.39, 0.29) is 0 Å². The third-order valence-corrected chi connectivity index (χ3v) is 5.16. The Balaban J connectivity index is 2.87. The predicted octanol–water partition coefficient (Wildman–Crippen LogP) is 4.91. The maximum Gasteiger partial charge on any atom is 0.419 e. The summed E-state index contributed by atoms with van der Waals surface area (Å²) in [7, 11) is 0. The molecule has 24 heavy (non-hydrogen) atoms. The lowest BCUT2D eigenvalue weighted by molar-refractivity contribution is -0.705. The first kappa shape index (κ1) is 20.7. The smallest absolute Gasteiger partial charge is 0.419 e. The monoisotopic (exact) mass is 337 g/mol. The molecule has 0 aliphatic rings. The van der Waals surface area contributed by atoms with Gasteiger partial charge in [-0.2, -0.15) is 0 Å². The van der Waals surface area contributed by atoms with Crippen LogP contribution in [-0.4, -0.2) is 15.6 Å². The molecule has 0 aliphatic carbocycles. The molecule has 0 amide bonds. The molecule has 1 rings (SSSR count). The van der Waals surface area contributed by atoms with Crippen molar-refractivity contribution in [1.82, 2.24) is 4.57 Å². The van der Waals surface area contributed by atoms with Gasteiger partial charge in [-0.25, -0.2) is 13.9 Å². The first-order valence-electron chi connectivity index (χ1n) is 9.89. The predicted molar refractivity (Wildman–Crippen MR) is 98.2 cm³/mol. The van der Waals surface area contributed by atoms with E-state index in [4.69, 9.17) is 0 Å².